The summed E-state index contributed by atoms with van der Waals surface area (Å²) >= 11 is 0. The molecule has 4 nitrogen and oxygen atoms in total. The van der Waals surface area contributed by atoms with Gasteiger partial charge in [-0.05, 0) is 31.1 Å². The summed E-state index contributed by atoms with van der Waals surface area (Å²) in [7, 11) is 0. The fraction of sp³-hybridized carbons (Fsp3) is 0.800. The van der Waals surface area contributed by atoms with Gasteiger partial charge in [-0.15, -0.1) is 0 Å². The monoisotopic (exact) mass is 196 g/mol. The summed E-state index contributed by atoms with van der Waals surface area (Å²) in [5, 5.41) is 0. The van der Waals surface area contributed by atoms with E-state index in [1.54, 1.807) is 0 Å². The molecule has 78 valence electrons. The number of nitrogens with zero attached hydrogens (tertiary/aromatic N) is 1. The van der Waals surface area contributed by atoms with Gasteiger partial charge in [0.25, 0.3) is 11.9 Å². The maximum Gasteiger partial charge on any atom is 0.294 e. The van der Waals surface area contributed by atoms with Crippen LogP contribution in [0, 0.1) is 11.8 Å². The van der Waals surface area contributed by atoms with Crippen LogP contribution in [-0.4, -0.2) is 17.5 Å². The third kappa shape index (κ3) is 1.29. The Morgan fingerprint density at radius 1 is 1.50 bits per heavy atom. The van der Waals surface area contributed by atoms with Gasteiger partial charge in [0.05, 0.1) is 0 Å². The Balaban J connectivity index is 2.16. The first-order chi connectivity index (χ1) is 6.53. The summed E-state index contributed by atoms with van der Waals surface area (Å²) in [6.07, 6.45) is 2.51. The molecule has 2 N–H and O–H groups in total. The molecule has 2 rings (SSSR count). The standard InChI is InChI=1S/C10H16N2O2/c1-6-3-4-10(5-7(6)2)8(13)12-9(11)14-10/h6-7H,3-5H2,1-2H3,(H2,11,12,13). The van der Waals surface area contributed by atoms with Gasteiger partial charge in [0.2, 0.25) is 0 Å². The minimum atomic E-state index is -0.712. The molecule has 1 heterocycles. The van der Waals surface area contributed by atoms with E-state index in [4.69, 9.17) is 10.5 Å². The highest BCUT2D eigenvalue weighted by Crippen LogP contribution is 2.41. The lowest BCUT2D eigenvalue weighted by molar-refractivity contribution is -0.135. The second-order valence-corrected chi connectivity index (χ2v) is 4.55. The van der Waals surface area contributed by atoms with Crippen molar-refractivity contribution in [3.05, 3.63) is 0 Å². The average molecular weight is 196 g/mol. The molecule has 3 unspecified atom stereocenters. The maximum atomic E-state index is 11.6. The number of nitrogens with two attached hydrogens (primary N) is 1. The molecule has 1 amide bonds. The molecule has 0 bridgehead atoms. The third-order valence-corrected chi connectivity index (χ3v) is 3.53. The zero-order valence-electron chi connectivity index (χ0n) is 8.62. The lowest BCUT2D eigenvalue weighted by Crippen LogP contribution is -2.44. The van der Waals surface area contributed by atoms with E-state index in [0.29, 0.717) is 11.8 Å². The Morgan fingerprint density at radius 3 is 2.71 bits per heavy atom. The summed E-state index contributed by atoms with van der Waals surface area (Å²) in [6, 6.07) is 0.0387. The number of amides is 1. The third-order valence-electron chi connectivity index (χ3n) is 3.53. The molecular weight excluding hydrogens is 180 g/mol. The van der Waals surface area contributed by atoms with Crippen LogP contribution in [0.1, 0.15) is 33.1 Å². The average Bonchev–Trinajstić information content (AvgIpc) is 2.36. The van der Waals surface area contributed by atoms with E-state index < -0.39 is 5.60 Å². The van der Waals surface area contributed by atoms with Gasteiger partial charge in [0.1, 0.15) is 0 Å². The predicted molar refractivity (Wildman–Crippen MR) is 52.6 cm³/mol. The van der Waals surface area contributed by atoms with Gasteiger partial charge < -0.3 is 10.5 Å². The van der Waals surface area contributed by atoms with E-state index in [1.807, 2.05) is 0 Å². The maximum absolute atomic E-state index is 11.6. The summed E-state index contributed by atoms with van der Waals surface area (Å²) in [6.45, 7) is 4.36. The summed E-state index contributed by atoms with van der Waals surface area (Å²) in [5.74, 6) is 0.960. The first-order valence-corrected chi connectivity index (χ1v) is 5.11. The lowest BCUT2D eigenvalue weighted by Gasteiger charge is -2.37. The molecule has 0 aromatic rings. The molecule has 1 spiro atoms. The zero-order chi connectivity index (χ0) is 10.3. The van der Waals surface area contributed by atoms with Gasteiger partial charge in [0.15, 0.2) is 5.60 Å². The number of hydrogen-bond donors (Lipinski definition) is 1. The van der Waals surface area contributed by atoms with Crippen molar-refractivity contribution in [1.29, 1.82) is 0 Å². The van der Waals surface area contributed by atoms with Crippen molar-refractivity contribution in [2.45, 2.75) is 38.7 Å². The van der Waals surface area contributed by atoms with Gasteiger partial charge in [-0.3, -0.25) is 4.79 Å². The number of hydrogen-bond acceptors (Lipinski definition) is 3. The Labute approximate surface area is 83.5 Å². The van der Waals surface area contributed by atoms with Crippen molar-refractivity contribution in [3.8, 4) is 0 Å². The highest BCUT2D eigenvalue weighted by molar-refractivity contribution is 6.00. The smallest absolute Gasteiger partial charge is 0.294 e. The molecule has 1 fully saturated rings. The van der Waals surface area contributed by atoms with Crippen LogP contribution < -0.4 is 5.73 Å². The van der Waals surface area contributed by atoms with Gasteiger partial charge >= 0.3 is 0 Å². The molecular formula is C10H16N2O2. The van der Waals surface area contributed by atoms with Crippen molar-refractivity contribution in [2.24, 2.45) is 22.6 Å². The fourth-order valence-corrected chi connectivity index (χ4v) is 2.32. The second-order valence-electron chi connectivity index (χ2n) is 4.55. The molecule has 1 aliphatic heterocycles. The molecule has 0 saturated heterocycles. The van der Waals surface area contributed by atoms with Crippen LogP contribution >= 0.6 is 0 Å². The minimum absolute atomic E-state index is 0.0387. The van der Waals surface area contributed by atoms with Crippen molar-refractivity contribution < 1.29 is 9.53 Å². The van der Waals surface area contributed by atoms with Crippen LogP contribution in [0.25, 0.3) is 0 Å². The summed E-state index contributed by atoms with van der Waals surface area (Å²) < 4.78 is 5.40. The first-order valence-electron chi connectivity index (χ1n) is 5.11. The molecule has 0 radical (unpaired) electrons. The summed E-state index contributed by atoms with van der Waals surface area (Å²) in [4.78, 5) is 15.3. The van der Waals surface area contributed by atoms with E-state index in [1.165, 1.54) is 0 Å². The van der Waals surface area contributed by atoms with Crippen LogP contribution in [-0.2, 0) is 9.53 Å². The number of rotatable bonds is 0. The molecule has 1 saturated carbocycles. The first kappa shape index (κ1) is 9.49. The number of carbonyl (C=O) groups is 1. The molecule has 0 aromatic carbocycles. The Bertz CT molecular complexity index is 300. The Kier molecular flexibility index (Phi) is 2.01. The molecule has 3 atom stereocenters. The van der Waals surface area contributed by atoms with Gasteiger partial charge in [-0.25, -0.2) is 0 Å². The number of amidine groups is 1. The van der Waals surface area contributed by atoms with E-state index in [2.05, 4.69) is 18.8 Å². The van der Waals surface area contributed by atoms with E-state index >= 15 is 0 Å². The fourth-order valence-electron chi connectivity index (χ4n) is 2.32. The van der Waals surface area contributed by atoms with E-state index in [0.717, 1.165) is 19.3 Å². The van der Waals surface area contributed by atoms with E-state index in [9.17, 15) is 4.79 Å². The molecule has 1 aliphatic carbocycles. The molecule has 4 heteroatoms. The number of aliphatic imine (C=N–C) groups is 1. The molecule has 0 aromatic heterocycles. The Hall–Kier alpha value is -1.06. The van der Waals surface area contributed by atoms with Crippen molar-refractivity contribution in [2.75, 3.05) is 0 Å². The van der Waals surface area contributed by atoms with Crippen molar-refractivity contribution >= 4 is 11.9 Å². The van der Waals surface area contributed by atoms with Crippen LogP contribution in [0.4, 0.5) is 0 Å². The lowest BCUT2D eigenvalue weighted by atomic mass is 9.73. The van der Waals surface area contributed by atoms with Crippen molar-refractivity contribution in [3.63, 3.8) is 0 Å². The SMILES string of the molecule is CC1CCC2(CC1C)OC(N)=NC2=O. The van der Waals surface area contributed by atoms with Crippen LogP contribution in [0.5, 0.6) is 0 Å². The van der Waals surface area contributed by atoms with Crippen LogP contribution in [0.2, 0.25) is 0 Å². The molecule has 2 aliphatic rings. The predicted octanol–water partition coefficient (Wildman–Crippen LogP) is 1.05. The number of ether oxygens (including phenoxy) is 1. The van der Waals surface area contributed by atoms with Crippen molar-refractivity contribution in [1.82, 2.24) is 0 Å². The van der Waals surface area contributed by atoms with E-state index in [-0.39, 0.29) is 11.9 Å². The normalized spacial score (nSPS) is 42.4. The number of carbonyl (C=O) groups excluding carboxylic acids is 1. The minimum Gasteiger partial charge on any atom is -0.448 e. The Morgan fingerprint density at radius 2 is 2.21 bits per heavy atom. The van der Waals surface area contributed by atoms with Crippen LogP contribution in [0.3, 0.4) is 0 Å². The highest BCUT2D eigenvalue weighted by Gasteiger charge is 2.49. The van der Waals surface area contributed by atoms with Crippen LogP contribution in [0.15, 0.2) is 4.99 Å². The second kappa shape index (κ2) is 2.97. The summed E-state index contributed by atoms with van der Waals surface area (Å²) in [5.41, 5.74) is 4.71. The zero-order valence-corrected chi connectivity index (χ0v) is 8.62. The van der Waals surface area contributed by atoms with Gasteiger partial charge in [-0.2, -0.15) is 4.99 Å². The largest absolute Gasteiger partial charge is 0.448 e. The topological polar surface area (TPSA) is 64.7 Å². The highest BCUT2D eigenvalue weighted by atomic mass is 16.5. The van der Waals surface area contributed by atoms with Gasteiger partial charge in [0, 0.05) is 0 Å². The van der Waals surface area contributed by atoms with Gasteiger partial charge in [-0.1, -0.05) is 13.8 Å². The quantitative estimate of drug-likeness (QED) is 0.630. The molecule has 14 heavy (non-hydrogen) atoms.